The van der Waals surface area contributed by atoms with Crippen molar-refractivity contribution in [3.8, 4) is 0 Å². The lowest BCUT2D eigenvalue weighted by molar-refractivity contribution is -0.148. The van der Waals surface area contributed by atoms with Gasteiger partial charge in [-0.25, -0.2) is 4.79 Å². The lowest BCUT2D eigenvalue weighted by Crippen LogP contribution is -2.51. The summed E-state index contributed by atoms with van der Waals surface area (Å²) < 4.78 is 6.27. The van der Waals surface area contributed by atoms with E-state index < -0.39 is 23.5 Å². The molecule has 1 N–H and O–H groups in total. The second kappa shape index (κ2) is 5.86. The van der Waals surface area contributed by atoms with Gasteiger partial charge >= 0.3 is 5.97 Å². The Morgan fingerprint density at radius 3 is 2.42 bits per heavy atom. The Hall–Kier alpha value is -1.85. The lowest BCUT2D eigenvalue weighted by Gasteiger charge is -2.30. The zero-order valence-corrected chi connectivity index (χ0v) is 12.0. The molecule has 0 aliphatic heterocycles. The van der Waals surface area contributed by atoms with Crippen molar-refractivity contribution in [2.24, 2.45) is 5.41 Å². The maximum absolute atomic E-state index is 12.1. The summed E-state index contributed by atoms with van der Waals surface area (Å²) in [5.74, 6) is -0.720. The first-order valence-electron chi connectivity index (χ1n) is 6.14. The Bertz CT molecular complexity index is 434. The van der Waals surface area contributed by atoms with Gasteiger partial charge in [-0.1, -0.05) is 20.8 Å². The van der Waals surface area contributed by atoms with Crippen LogP contribution in [0.2, 0.25) is 0 Å². The van der Waals surface area contributed by atoms with E-state index in [1.165, 1.54) is 11.8 Å². The molecule has 0 aromatic carbocycles. The van der Waals surface area contributed by atoms with E-state index in [2.05, 4.69) is 10.4 Å². The third kappa shape index (κ3) is 3.81. The van der Waals surface area contributed by atoms with E-state index in [1.807, 2.05) is 20.8 Å². The molecule has 0 aliphatic carbocycles. The van der Waals surface area contributed by atoms with Crippen LogP contribution in [-0.2, 0) is 14.3 Å². The van der Waals surface area contributed by atoms with Crippen LogP contribution in [-0.4, -0.2) is 34.8 Å². The number of rotatable bonds is 4. The molecule has 0 bridgehead atoms. The quantitative estimate of drug-likeness (QED) is 0.830. The summed E-state index contributed by atoms with van der Waals surface area (Å²) in [6.07, 6.45) is 3.31. The van der Waals surface area contributed by atoms with Crippen LogP contribution in [0.15, 0.2) is 18.5 Å². The van der Waals surface area contributed by atoms with Gasteiger partial charge < -0.3 is 10.1 Å². The SMILES string of the molecule is COC(=O)[C@H](NC(=O)[C@H](C)n1cccn1)C(C)(C)C. The predicted octanol–water partition coefficient (Wildman–Crippen LogP) is 1.15. The van der Waals surface area contributed by atoms with E-state index in [1.54, 1.807) is 25.4 Å². The van der Waals surface area contributed by atoms with Crippen LogP contribution in [0.3, 0.4) is 0 Å². The van der Waals surface area contributed by atoms with Crippen molar-refractivity contribution in [1.29, 1.82) is 0 Å². The van der Waals surface area contributed by atoms with Crippen molar-refractivity contribution < 1.29 is 14.3 Å². The van der Waals surface area contributed by atoms with E-state index in [0.29, 0.717) is 0 Å². The summed E-state index contributed by atoms with van der Waals surface area (Å²) >= 11 is 0. The first kappa shape index (κ1) is 15.2. The molecule has 0 radical (unpaired) electrons. The third-order valence-electron chi connectivity index (χ3n) is 2.89. The molecule has 1 rings (SSSR count). The minimum atomic E-state index is -0.692. The van der Waals surface area contributed by atoms with Crippen molar-refractivity contribution >= 4 is 11.9 Å². The summed E-state index contributed by atoms with van der Waals surface area (Å²) in [7, 11) is 1.31. The highest BCUT2D eigenvalue weighted by molar-refractivity contribution is 5.86. The maximum atomic E-state index is 12.1. The van der Waals surface area contributed by atoms with Crippen LogP contribution < -0.4 is 5.32 Å². The molecule has 2 atom stereocenters. The third-order valence-corrected chi connectivity index (χ3v) is 2.89. The number of nitrogens with one attached hydrogen (secondary N) is 1. The number of hydrogen-bond donors (Lipinski definition) is 1. The van der Waals surface area contributed by atoms with Gasteiger partial charge in [-0.2, -0.15) is 5.10 Å². The Labute approximate surface area is 113 Å². The van der Waals surface area contributed by atoms with E-state index >= 15 is 0 Å². The number of hydrogen-bond acceptors (Lipinski definition) is 4. The summed E-state index contributed by atoms with van der Waals surface area (Å²) in [6.45, 7) is 7.33. The van der Waals surface area contributed by atoms with Gasteiger partial charge in [0.2, 0.25) is 5.91 Å². The van der Waals surface area contributed by atoms with E-state index in [4.69, 9.17) is 4.74 Å². The Balaban J connectivity index is 2.80. The van der Waals surface area contributed by atoms with Crippen LogP contribution in [0.5, 0.6) is 0 Å². The number of carbonyl (C=O) groups is 2. The zero-order chi connectivity index (χ0) is 14.6. The standard InChI is InChI=1S/C13H21N3O3/c1-9(16-8-6-7-14-16)11(17)15-10(12(18)19-5)13(2,3)4/h6-10H,1-5H3,(H,15,17)/t9-,10-/m0/s1. The second-order valence-electron chi connectivity index (χ2n) is 5.49. The second-order valence-corrected chi connectivity index (χ2v) is 5.49. The number of carbonyl (C=O) groups excluding carboxylic acids is 2. The fourth-order valence-electron chi connectivity index (χ4n) is 1.64. The number of methoxy groups -OCH3 is 1. The molecule has 0 fully saturated rings. The maximum Gasteiger partial charge on any atom is 0.328 e. The minimum Gasteiger partial charge on any atom is -0.467 e. The molecule has 1 heterocycles. The Kier molecular flexibility index (Phi) is 4.69. The number of esters is 1. The molecule has 0 spiro atoms. The Morgan fingerprint density at radius 1 is 1.37 bits per heavy atom. The normalized spacial score (nSPS) is 14.6. The summed E-state index contributed by atoms with van der Waals surface area (Å²) in [4.78, 5) is 23.9. The highest BCUT2D eigenvalue weighted by atomic mass is 16.5. The topological polar surface area (TPSA) is 73.2 Å². The number of aromatic nitrogens is 2. The Morgan fingerprint density at radius 2 is 2.00 bits per heavy atom. The predicted molar refractivity (Wildman–Crippen MR) is 70.3 cm³/mol. The van der Waals surface area contributed by atoms with Crippen molar-refractivity contribution in [2.75, 3.05) is 7.11 Å². The van der Waals surface area contributed by atoms with Gasteiger partial charge in [0.1, 0.15) is 12.1 Å². The van der Waals surface area contributed by atoms with Gasteiger partial charge in [0.05, 0.1) is 7.11 Å². The van der Waals surface area contributed by atoms with Crippen molar-refractivity contribution in [1.82, 2.24) is 15.1 Å². The van der Waals surface area contributed by atoms with Crippen molar-refractivity contribution in [3.05, 3.63) is 18.5 Å². The van der Waals surface area contributed by atoms with Crippen molar-refractivity contribution in [3.63, 3.8) is 0 Å². The van der Waals surface area contributed by atoms with E-state index in [0.717, 1.165) is 0 Å². The van der Waals surface area contributed by atoms with Gasteiger partial charge in [-0.3, -0.25) is 9.48 Å². The fourth-order valence-corrected chi connectivity index (χ4v) is 1.64. The number of amides is 1. The van der Waals surface area contributed by atoms with Crippen LogP contribution in [0.25, 0.3) is 0 Å². The van der Waals surface area contributed by atoms with Crippen LogP contribution in [0, 0.1) is 5.41 Å². The molecule has 0 unspecified atom stereocenters. The van der Waals surface area contributed by atoms with E-state index in [9.17, 15) is 9.59 Å². The van der Waals surface area contributed by atoms with Gasteiger partial charge in [-0.05, 0) is 18.4 Å². The first-order chi connectivity index (χ1) is 8.77. The molecule has 0 saturated carbocycles. The molecular weight excluding hydrogens is 246 g/mol. The molecule has 6 nitrogen and oxygen atoms in total. The molecule has 6 heteroatoms. The lowest BCUT2D eigenvalue weighted by atomic mass is 9.86. The largest absolute Gasteiger partial charge is 0.467 e. The molecule has 106 valence electrons. The smallest absolute Gasteiger partial charge is 0.328 e. The highest BCUT2D eigenvalue weighted by Gasteiger charge is 2.34. The van der Waals surface area contributed by atoms with E-state index in [-0.39, 0.29) is 5.91 Å². The molecule has 19 heavy (non-hydrogen) atoms. The van der Waals surface area contributed by atoms with Crippen LogP contribution >= 0.6 is 0 Å². The van der Waals surface area contributed by atoms with Crippen LogP contribution in [0.1, 0.15) is 33.7 Å². The van der Waals surface area contributed by atoms with Crippen LogP contribution in [0.4, 0.5) is 0 Å². The monoisotopic (exact) mass is 267 g/mol. The average molecular weight is 267 g/mol. The minimum absolute atomic E-state index is 0.269. The van der Waals surface area contributed by atoms with Gasteiger partial charge in [0.15, 0.2) is 0 Å². The molecule has 0 saturated heterocycles. The molecule has 1 aromatic rings. The van der Waals surface area contributed by atoms with Gasteiger partial charge in [0.25, 0.3) is 0 Å². The van der Waals surface area contributed by atoms with Gasteiger partial charge in [0, 0.05) is 12.4 Å². The summed E-state index contributed by atoms with van der Waals surface area (Å²) in [5.41, 5.74) is -0.424. The first-order valence-corrected chi connectivity index (χ1v) is 6.14. The summed E-state index contributed by atoms with van der Waals surface area (Å²) in [6, 6.07) is 0.568. The molecule has 1 amide bonds. The number of nitrogens with zero attached hydrogens (tertiary/aromatic N) is 2. The molecule has 0 aliphatic rings. The highest BCUT2D eigenvalue weighted by Crippen LogP contribution is 2.21. The number of ether oxygens (including phenoxy) is 1. The zero-order valence-electron chi connectivity index (χ0n) is 12.0. The molecule has 1 aromatic heterocycles. The molecular formula is C13H21N3O3. The average Bonchev–Trinajstić information content (AvgIpc) is 2.86. The van der Waals surface area contributed by atoms with Gasteiger partial charge in [-0.15, -0.1) is 0 Å². The fraction of sp³-hybridized carbons (Fsp3) is 0.615. The van der Waals surface area contributed by atoms with Crippen molar-refractivity contribution in [2.45, 2.75) is 39.8 Å². The summed E-state index contributed by atoms with van der Waals surface area (Å²) in [5, 5.41) is 6.73.